The quantitative estimate of drug-likeness (QED) is 0.119. The summed E-state index contributed by atoms with van der Waals surface area (Å²) in [6.07, 6.45) is -14.9. The van der Waals surface area contributed by atoms with Gasteiger partial charge in [-0.05, 0) is 96.5 Å². The van der Waals surface area contributed by atoms with Crippen LogP contribution in [0, 0.1) is 0 Å². The van der Waals surface area contributed by atoms with Gasteiger partial charge in [-0.3, -0.25) is 0 Å². The van der Waals surface area contributed by atoms with Crippen LogP contribution in [-0.2, 0) is 27.1 Å². The molecule has 0 aliphatic carbocycles. The van der Waals surface area contributed by atoms with Crippen LogP contribution in [0.3, 0.4) is 0 Å². The number of hydrogen-bond donors (Lipinski definition) is 6. The fraction of sp³-hybridized carbons (Fsp3) is 0.400. The van der Waals surface area contributed by atoms with Crippen LogP contribution in [-0.4, -0.2) is 93.1 Å². The van der Waals surface area contributed by atoms with Gasteiger partial charge in [-0.1, -0.05) is 71.7 Å². The van der Waals surface area contributed by atoms with E-state index in [1.165, 1.54) is 0 Å². The van der Waals surface area contributed by atoms with E-state index in [0.717, 1.165) is 33.8 Å². The average Bonchev–Trinajstić information content (AvgIpc) is 3.15. The van der Waals surface area contributed by atoms with Crippen molar-refractivity contribution in [1.29, 1.82) is 0 Å². The van der Waals surface area contributed by atoms with Crippen LogP contribution in [0.1, 0.15) is 59.4 Å². The summed E-state index contributed by atoms with van der Waals surface area (Å²) in [6, 6.07) is 25.2. The second-order valence-corrected chi connectivity index (χ2v) is 14.0. The Morgan fingerprint density at radius 2 is 0.887 bits per heavy atom. The lowest BCUT2D eigenvalue weighted by Gasteiger charge is -2.45. The van der Waals surface area contributed by atoms with Gasteiger partial charge in [-0.25, -0.2) is 0 Å². The molecule has 2 heterocycles. The van der Waals surface area contributed by atoms with E-state index in [-0.39, 0.29) is 0 Å². The number of aliphatic hydroxyl groups excluding tert-OH is 6. The topological polar surface area (TPSA) is 168 Å². The van der Waals surface area contributed by atoms with E-state index in [9.17, 15) is 30.6 Å². The Morgan fingerprint density at radius 3 is 1.25 bits per heavy atom. The molecule has 6 N–H and O–H groups in total. The molecule has 53 heavy (non-hydrogen) atoms. The van der Waals surface area contributed by atoms with Crippen molar-refractivity contribution in [3.05, 3.63) is 128 Å². The summed E-state index contributed by atoms with van der Waals surface area (Å²) in [7, 11) is 0. The highest BCUT2D eigenvalue weighted by atomic mass is 35.5. The van der Waals surface area contributed by atoms with Crippen molar-refractivity contribution in [2.24, 2.45) is 0 Å². The Hall–Kier alpha value is -3.30. The van der Waals surface area contributed by atoms with Gasteiger partial charge >= 0.3 is 0 Å². The monoisotopic (exact) mass is 770 g/mol. The highest BCUT2D eigenvalue weighted by Crippen LogP contribution is 2.39. The van der Waals surface area contributed by atoms with Crippen LogP contribution in [0.25, 0.3) is 0 Å². The largest absolute Gasteiger partial charge is 0.494 e. The summed E-state index contributed by atoms with van der Waals surface area (Å²) in [4.78, 5) is 0. The molecule has 10 atom stereocenters. The molecule has 284 valence electrons. The normalized spacial score (nSPS) is 28.8. The fourth-order valence-corrected chi connectivity index (χ4v) is 6.97. The third-order valence-corrected chi connectivity index (χ3v) is 10.2. The first kappa shape index (κ1) is 39.4. The predicted octanol–water partition coefficient (Wildman–Crippen LogP) is 4.65. The minimum absolute atomic E-state index is 0.446. The van der Waals surface area contributed by atoms with E-state index >= 15 is 0 Å². The molecule has 0 amide bonds. The van der Waals surface area contributed by atoms with Crippen LogP contribution in [0.15, 0.2) is 84.9 Å². The lowest BCUT2D eigenvalue weighted by Crippen LogP contribution is -2.60. The molecule has 2 aliphatic heterocycles. The minimum Gasteiger partial charge on any atom is -0.494 e. The molecule has 13 heteroatoms. The zero-order valence-electron chi connectivity index (χ0n) is 29.2. The van der Waals surface area contributed by atoms with Crippen LogP contribution < -0.4 is 9.47 Å². The molecule has 11 nitrogen and oxygen atoms in total. The maximum absolute atomic E-state index is 11.0. The zero-order valence-corrected chi connectivity index (χ0v) is 30.7. The Balaban J connectivity index is 1.19. The first-order valence-corrected chi connectivity index (χ1v) is 18.3. The maximum atomic E-state index is 11.0. The molecule has 0 spiro atoms. The maximum Gasteiger partial charge on any atom is 0.190 e. The van der Waals surface area contributed by atoms with E-state index in [2.05, 4.69) is 0 Å². The average molecular weight is 772 g/mol. The Labute approximate surface area is 317 Å². The molecular formula is C40H44Cl2O11. The summed E-state index contributed by atoms with van der Waals surface area (Å²) in [6.45, 7) is 4.91. The van der Waals surface area contributed by atoms with Crippen LogP contribution in [0.2, 0.25) is 10.0 Å². The van der Waals surface area contributed by atoms with E-state index in [1.54, 1.807) is 36.4 Å². The van der Waals surface area contributed by atoms with Crippen molar-refractivity contribution in [1.82, 2.24) is 0 Å². The molecule has 0 saturated carbocycles. The Kier molecular flexibility index (Phi) is 13.0. The Bertz CT molecular complexity index is 1680. The summed E-state index contributed by atoms with van der Waals surface area (Å²) >= 11 is 13.1. The highest BCUT2D eigenvalue weighted by molar-refractivity contribution is 6.31. The third kappa shape index (κ3) is 8.99. The van der Waals surface area contributed by atoms with E-state index in [0.29, 0.717) is 47.2 Å². The van der Waals surface area contributed by atoms with Gasteiger partial charge in [0, 0.05) is 10.0 Å². The molecule has 6 rings (SSSR count). The second kappa shape index (κ2) is 17.4. The van der Waals surface area contributed by atoms with Crippen molar-refractivity contribution < 1.29 is 54.3 Å². The van der Waals surface area contributed by atoms with Gasteiger partial charge in [-0.2, -0.15) is 0 Å². The molecule has 0 bridgehead atoms. The number of rotatable bonds is 12. The Morgan fingerprint density at radius 1 is 0.509 bits per heavy atom. The van der Waals surface area contributed by atoms with Gasteiger partial charge < -0.3 is 54.3 Å². The summed E-state index contributed by atoms with van der Waals surface area (Å²) < 4.78 is 29.0. The first-order chi connectivity index (χ1) is 25.5. The van der Waals surface area contributed by atoms with Gasteiger partial charge in [0.25, 0.3) is 0 Å². The highest BCUT2D eigenvalue weighted by Gasteiger charge is 2.50. The van der Waals surface area contributed by atoms with Crippen molar-refractivity contribution in [3.63, 3.8) is 0 Å². The molecule has 4 aromatic rings. The van der Waals surface area contributed by atoms with Gasteiger partial charge in [0.1, 0.15) is 60.3 Å². The minimum atomic E-state index is -1.77. The van der Waals surface area contributed by atoms with Crippen molar-refractivity contribution in [2.45, 2.75) is 88.1 Å². The molecule has 0 radical (unpaired) electrons. The van der Waals surface area contributed by atoms with E-state index in [1.807, 2.05) is 62.4 Å². The number of aliphatic hydroxyl groups is 6. The summed E-state index contributed by atoms with van der Waals surface area (Å²) in [5, 5.41) is 66.7. The van der Waals surface area contributed by atoms with Gasteiger partial charge in [0.05, 0.1) is 13.2 Å². The molecule has 2 aliphatic rings. The zero-order chi connectivity index (χ0) is 37.8. The molecule has 2 saturated heterocycles. The first-order valence-electron chi connectivity index (χ1n) is 17.5. The van der Waals surface area contributed by atoms with Gasteiger partial charge in [0.15, 0.2) is 12.6 Å². The molecule has 2 fully saturated rings. The SMILES string of the molecule is CCOc1ccc(Cc2cc([C@@H]3O[C@H](O[C@H]4O[C@@H](c5ccc(Cl)c(Cc6ccc(OCC)cc6)c5)[C@H](O)[C@@H](O)[C@@H]4O)[C@@H](O)[C@H](O)[C@H]3O)ccc2Cl)cc1. The smallest absolute Gasteiger partial charge is 0.190 e. The molecular weight excluding hydrogens is 727 g/mol. The fourth-order valence-electron chi connectivity index (χ4n) is 6.60. The second-order valence-electron chi connectivity index (χ2n) is 13.1. The van der Waals surface area contributed by atoms with Crippen LogP contribution in [0.5, 0.6) is 11.5 Å². The third-order valence-electron chi connectivity index (χ3n) is 9.46. The summed E-state index contributed by atoms with van der Waals surface area (Å²) in [5.74, 6) is 1.48. The van der Waals surface area contributed by atoms with Gasteiger partial charge in [0.2, 0.25) is 0 Å². The molecule has 4 aromatic carbocycles. The van der Waals surface area contributed by atoms with Crippen molar-refractivity contribution >= 4 is 23.2 Å². The summed E-state index contributed by atoms with van der Waals surface area (Å²) in [5.41, 5.74) is 4.24. The van der Waals surface area contributed by atoms with E-state index < -0.39 is 61.4 Å². The van der Waals surface area contributed by atoms with Crippen LogP contribution >= 0.6 is 23.2 Å². The number of benzene rings is 4. The van der Waals surface area contributed by atoms with Gasteiger partial charge in [-0.15, -0.1) is 0 Å². The van der Waals surface area contributed by atoms with Crippen molar-refractivity contribution in [2.75, 3.05) is 13.2 Å². The standard InChI is InChI=1S/C40H44Cl2O11/c1-3-49-27-11-5-21(6-12-27)17-25-19-23(9-15-29(25)41)37-33(45)31(43)35(47)39(51-37)53-40-36(48)32(44)34(46)38(52-40)24-10-16-30(42)26(20-24)18-22-7-13-28(14-8-22)50-4-2/h5-16,19-20,31-40,43-48H,3-4,17-18H2,1-2H3/t31-,32-,33-,34-,35+,36+,37+,38+,39-,40-/m1/s1. The van der Waals surface area contributed by atoms with E-state index in [4.69, 9.17) is 46.9 Å². The molecule has 0 unspecified atom stereocenters. The lowest BCUT2D eigenvalue weighted by molar-refractivity contribution is -0.376. The number of halogens is 2. The number of ether oxygens (including phenoxy) is 5. The lowest BCUT2D eigenvalue weighted by atomic mass is 9.91. The predicted molar refractivity (Wildman–Crippen MR) is 196 cm³/mol. The van der Waals surface area contributed by atoms with Crippen molar-refractivity contribution in [3.8, 4) is 11.5 Å². The molecule has 0 aromatic heterocycles. The van der Waals surface area contributed by atoms with Crippen LogP contribution in [0.4, 0.5) is 0 Å². The number of hydrogen-bond acceptors (Lipinski definition) is 11.